The van der Waals surface area contributed by atoms with Crippen molar-refractivity contribution >= 4 is 40.5 Å². The third kappa shape index (κ3) is 3.27. The maximum atomic E-state index is 10.7. The van der Waals surface area contributed by atoms with Gasteiger partial charge in [-0.1, -0.05) is 29.9 Å². The SMILES string of the molecule is C=C(Cl)Cn1c(SCC(=O)O)nc2ccc(C)nc21. The second-order valence-electron chi connectivity index (χ2n) is 3.98. The maximum absolute atomic E-state index is 10.7. The van der Waals surface area contributed by atoms with E-state index in [1.807, 2.05) is 19.1 Å². The molecule has 0 atom stereocenters. The molecule has 0 spiro atoms. The lowest BCUT2D eigenvalue weighted by molar-refractivity contribution is -0.133. The molecule has 7 heteroatoms. The molecule has 0 aliphatic carbocycles. The Labute approximate surface area is 119 Å². The number of fused-ring (bicyclic) bond motifs is 1. The monoisotopic (exact) mass is 297 g/mol. The molecule has 0 saturated carbocycles. The molecule has 19 heavy (non-hydrogen) atoms. The highest BCUT2D eigenvalue weighted by molar-refractivity contribution is 7.99. The van der Waals surface area contributed by atoms with Gasteiger partial charge in [-0.3, -0.25) is 9.36 Å². The molecule has 1 N–H and O–H groups in total. The summed E-state index contributed by atoms with van der Waals surface area (Å²) in [5, 5.41) is 9.77. The van der Waals surface area contributed by atoms with Crippen molar-refractivity contribution in [3.05, 3.63) is 29.4 Å². The standard InChI is InChI=1S/C12H12ClN3O2S/c1-7(13)5-16-11-9(4-3-8(2)14-11)15-12(16)19-6-10(17)18/h3-4H,1,5-6H2,2H3,(H,17,18). The van der Waals surface area contributed by atoms with E-state index in [0.717, 1.165) is 23.0 Å². The van der Waals surface area contributed by atoms with Crippen molar-refractivity contribution < 1.29 is 9.90 Å². The highest BCUT2D eigenvalue weighted by Gasteiger charge is 2.14. The number of allylic oxidation sites excluding steroid dienone is 1. The third-order valence-electron chi connectivity index (χ3n) is 2.35. The van der Waals surface area contributed by atoms with Gasteiger partial charge in [-0.15, -0.1) is 0 Å². The summed E-state index contributed by atoms with van der Waals surface area (Å²) in [6, 6.07) is 3.72. The average Bonchev–Trinajstić information content (AvgIpc) is 2.64. The molecule has 100 valence electrons. The zero-order valence-corrected chi connectivity index (χ0v) is 11.8. The molecule has 0 unspecified atom stereocenters. The molecular formula is C12H12ClN3O2S. The Morgan fingerprint density at radius 1 is 1.53 bits per heavy atom. The molecule has 5 nitrogen and oxygen atoms in total. The van der Waals surface area contributed by atoms with Gasteiger partial charge in [0.25, 0.3) is 0 Å². The molecule has 0 aliphatic rings. The number of hydrogen-bond acceptors (Lipinski definition) is 4. The summed E-state index contributed by atoms with van der Waals surface area (Å²) < 4.78 is 1.78. The minimum absolute atomic E-state index is 0.0585. The number of carbonyl (C=O) groups is 1. The molecule has 0 fully saturated rings. The highest BCUT2D eigenvalue weighted by atomic mass is 35.5. The van der Waals surface area contributed by atoms with Gasteiger partial charge in [0.2, 0.25) is 0 Å². The molecule has 0 aromatic carbocycles. The van der Waals surface area contributed by atoms with Crippen molar-refractivity contribution in [3.8, 4) is 0 Å². The molecule has 0 bridgehead atoms. The number of carboxylic acids is 1. The molecule has 2 aromatic rings. The van der Waals surface area contributed by atoms with Gasteiger partial charge in [-0.2, -0.15) is 0 Å². The lowest BCUT2D eigenvalue weighted by atomic mass is 10.3. The first kappa shape index (κ1) is 13.9. The molecule has 2 aromatic heterocycles. The third-order valence-corrected chi connectivity index (χ3v) is 3.43. The van der Waals surface area contributed by atoms with Crippen molar-refractivity contribution in [2.75, 3.05) is 5.75 Å². The highest BCUT2D eigenvalue weighted by Crippen LogP contribution is 2.24. The predicted molar refractivity (Wildman–Crippen MR) is 75.6 cm³/mol. The van der Waals surface area contributed by atoms with Gasteiger partial charge in [-0.05, 0) is 19.1 Å². The Morgan fingerprint density at radius 3 is 2.89 bits per heavy atom. The zero-order valence-electron chi connectivity index (χ0n) is 10.3. The van der Waals surface area contributed by atoms with Crippen LogP contribution < -0.4 is 0 Å². The largest absolute Gasteiger partial charge is 0.481 e. The Morgan fingerprint density at radius 2 is 2.26 bits per heavy atom. The summed E-state index contributed by atoms with van der Waals surface area (Å²) in [4.78, 5) is 19.5. The van der Waals surface area contributed by atoms with Crippen LogP contribution in [0.15, 0.2) is 28.9 Å². The number of imidazole rings is 1. The van der Waals surface area contributed by atoms with E-state index < -0.39 is 5.97 Å². The lowest BCUT2D eigenvalue weighted by Crippen LogP contribution is -2.04. The molecule has 2 heterocycles. The Kier molecular flexibility index (Phi) is 4.11. The fourth-order valence-electron chi connectivity index (χ4n) is 1.63. The molecule has 0 amide bonds. The minimum Gasteiger partial charge on any atom is -0.481 e. The number of hydrogen-bond donors (Lipinski definition) is 1. The summed E-state index contributed by atoms with van der Waals surface area (Å²) in [5.41, 5.74) is 2.27. The first-order valence-corrected chi connectivity index (χ1v) is 6.85. The van der Waals surface area contributed by atoms with E-state index in [2.05, 4.69) is 16.5 Å². The summed E-state index contributed by atoms with van der Waals surface area (Å²) in [5.74, 6) is -0.950. The van der Waals surface area contributed by atoms with Crippen LogP contribution in [0.1, 0.15) is 5.69 Å². The van der Waals surface area contributed by atoms with E-state index in [1.165, 1.54) is 0 Å². The first-order valence-electron chi connectivity index (χ1n) is 5.49. The molecule has 0 saturated heterocycles. The molecule has 0 aliphatic heterocycles. The van der Waals surface area contributed by atoms with Crippen LogP contribution in [0.25, 0.3) is 11.2 Å². The number of carboxylic acid groups (broad SMARTS) is 1. The topological polar surface area (TPSA) is 68.0 Å². The number of thioether (sulfide) groups is 1. The normalized spacial score (nSPS) is 10.8. The van der Waals surface area contributed by atoms with E-state index in [1.54, 1.807) is 4.57 Å². The molecule has 0 radical (unpaired) electrons. The zero-order chi connectivity index (χ0) is 14.0. The Bertz CT molecular complexity index is 654. The average molecular weight is 298 g/mol. The minimum atomic E-state index is -0.891. The summed E-state index contributed by atoms with van der Waals surface area (Å²) in [6.07, 6.45) is 0. The van der Waals surface area contributed by atoms with Gasteiger partial charge in [0.05, 0.1) is 12.3 Å². The molecular weight excluding hydrogens is 286 g/mol. The number of aromatic nitrogens is 3. The Hall–Kier alpha value is -1.53. The van der Waals surface area contributed by atoms with Crippen molar-refractivity contribution in [2.24, 2.45) is 0 Å². The predicted octanol–water partition coefficient (Wildman–Crippen LogP) is 2.67. The first-order chi connectivity index (χ1) is 8.97. The van der Waals surface area contributed by atoms with Crippen molar-refractivity contribution in [2.45, 2.75) is 18.6 Å². The van der Waals surface area contributed by atoms with Crippen molar-refractivity contribution in [1.29, 1.82) is 0 Å². The fraction of sp³-hybridized carbons (Fsp3) is 0.250. The second kappa shape index (κ2) is 5.63. The number of halogens is 1. The van der Waals surface area contributed by atoms with E-state index >= 15 is 0 Å². The molecule has 2 rings (SSSR count). The van der Waals surface area contributed by atoms with E-state index in [4.69, 9.17) is 16.7 Å². The lowest BCUT2D eigenvalue weighted by Gasteiger charge is -2.06. The Balaban J connectivity index is 2.48. The van der Waals surface area contributed by atoms with Crippen LogP contribution in [-0.2, 0) is 11.3 Å². The van der Waals surface area contributed by atoms with Crippen LogP contribution in [0.2, 0.25) is 0 Å². The van der Waals surface area contributed by atoms with Crippen LogP contribution in [-0.4, -0.2) is 31.4 Å². The summed E-state index contributed by atoms with van der Waals surface area (Å²) in [6.45, 7) is 5.90. The number of nitrogens with zero attached hydrogens (tertiary/aromatic N) is 3. The van der Waals surface area contributed by atoms with Gasteiger partial charge in [0.1, 0.15) is 5.52 Å². The second-order valence-corrected chi connectivity index (χ2v) is 5.45. The van der Waals surface area contributed by atoms with Crippen LogP contribution in [0.3, 0.4) is 0 Å². The maximum Gasteiger partial charge on any atom is 0.313 e. The van der Waals surface area contributed by atoms with Gasteiger partial charge >= 0.3 is 5.97 Å². The van der Waals surface area contributed by atoms with Gasteiger partial charge in [0.15, 0.2) is 10.8 Å². The van der Waals surface area contributed by atoms with Gasteiger partial charge in [0, 0.05) is 10.7 Å². The summed E-state index contributed by atoms with van der Waals surface area (Å²) in [7, 11) is 0. The van der Waals surface area contributed by atoms with Crippen LogP contribution in [0.4, 0.5) is 0 Å². The van der Waals surface area contributed by atoms with Crippen molar-refractivity contribution in [3.63, 3.8) is 0 Å². The number of aliphatic carboxylic acids is 1. The summed E-state index contributed by atoms with van der Waals surface area (Å²) >= 11 is 6.99. The van der Waals surface area contributed by atoms with Crippen LogP contribution in [0, 0.1) is 6.92 Å². The van der Waals surface area contributed by atoms with E-state index in [-0.39, 0.29) is 5.75 Å². The number of aryl methyl sites for hydroxylation is 1. The number of rotatable bonds is 5. The smallest absolute Gasteiger partial charge is 0.313 e. The van der Waals surface area contributed by atoms with Crippen molar-refractivity contribution in [1.82, 2.24) is 14.5 Å². The quantitative estimate of drug-likeness (QED) is 0.859. The fourth-order valence-corrected chi connectivity index (χ4v) is 2.47. The van der Waals surface area contributed by atoms with Crippen LogP contribution in [0.5, 0.6) is 0 Å². The van der Waals surface area contributed by atoms with Gasteiger partial charge in [-0.25, -0.2) is 9.97 Å². The van der Waals surface area contributed by atoms with E-state index in [9.17, 15) is 4.79 Å². The number of pyridine rings is 1. The van der Waals surface area contributed by atoms with Crippen LogP contribution >= 0.6 is 23.4 Å². The van der Waals surface area contributed by atoms with E-state index in [0.29, 0.717) is 22.4 Å². The van der Waals surface area contributed by atoms with Gasteiger partial charge < -0.3 is 5.11 Å².